The fourth-order valence-corrected chi connectivity index (χ4v) is 2.94. The van der Waals surface area contributed by atoms with Gasteiger partial charge in [-0.1, -0.05) is 42.5 Å². The van der Waals surface area contributed by atoms with E-state index in [9.17, 15) is 14.4 Å². The first-order valence-electron chi connectivity index (χ1n) is 9.70. The van der Waals surface area contributed by atoms with Crippen molar-refractivity contribution in [1.29, 1.82) is 0 Å². The van der Waals surface area contributed by atoms with E-state index in [4.69, 9.17) is 4.74 Å². The Morgan fingerprint density at radius 2 is 1.68 bits per heavy atom. The van der Waals surface area contributed by atoms with Gasteiger partial charge >= 0.3 is 5.97 Å². The lowest BCUT2D eigenvalue weighted by Gasteiger charge is -2.11. The SMILES string of the molecule is COC(=O)CNC(=O)CNC(=O)Cc1cccc2c(OCc3ccccc3)ccnc12. The second-order valence-electron chi connectivity index (χ2n) is 6.70. The Kier molecular flexibility index (Phi) is 7.53. The van der Waals surface area contributed by atoms with E-state index in [1.807, 2.05) is 48.5 Å². The summed E-state index contributed by atoms with van der Waals surface area (Å²) in [5.41, 5.74) is 2.43. The maximum Gasteiger partial charge on any atom is 0.325 e. The largest absolute Gasteiger partial charge is 0.488 e. The molecule has 0 unspecified atom stereocenters. The third kappa shape index (κ3) is 6.27. The van der Waals surface area contributed by atoms with Gasteiger partial charge in [0, 0.05) is 11.6 Å². The van der Waals surface area contributed by atoms with Crippen LogP contribution in [0.5, 0.6) is 5.75 Å². The smallest absolute Gasteiger partial charge is 0.325 e. The number of fused-ring (bicyclic) bond motifs is 1. The summed E-state index contributed by atoms with van der Waals surface area (Å²) in [6, 6.07) is 17.2. The molecule has 8 heteroatoms. The molecule has 2 N–H and O–H groups in total. The highest BCUT2D eigenvalue weighted by Crippen LogP contribution is 2.27. The third-order valence-corrected chi connectivity index (χ3v) is 4.51. The first kappa shape index (κ1) is 21.8. The van der Waals surface area contributed by atoms with Crippen molar-refractivity contribution in [3.8, 4) is 5.75 Å². The number of rotatable bonds is 9. The lowest BCUT2D eigenvalue weighted by molar-refractivity contribution is -0.141. The number of hydrogen-bond acceptors (Lipinski definition) is 6. The van der Waals surface area contributed by atoms with Gasteiger partial charge in [-0.05, 0) is 23.3 Å². The number of hydrogen-bond donors (Lipinski definition) is 2. The maximum atomic E-state index is 12.3. The van der Waals surface area contributed by atoms with E-state index < -0.39 is 11.9 Å². The maximum absolute atomic E-state index is 12.3. The zero-order valence-corrected chi connectivity index (χ0v) is 17.1. The fourth-order valence-electron chi connectivity index (χ4n) is 2.94. The summed E-state index contributed by atoms with van der Waals surface area (Å²) in [5.74, 6) is -0.699. The predicted octanol–water partition coefficient (Wildman–Crippen LogP) is 1.76. The summed E-state index contributed by atoms with van der Waals surface area (Å²) in [6.45, 7) is -0.0605. The van der Waals surface area contributed by atoms with E-state index in [-0.39, 0.29) is 25.4 Å². The summed E-state index contributed by atoms with van der Waals surface area (Å²) in [5, 5.41) is 5.70. The molecule has 3 rings (SSSR count). The van der Waals surface area contributed by atoms with Gasteiger partial charge < -0.3 is 20.1 Å². The first-order chi connectivity index (χ1) is 15.1. The van der Waals surface area contributed by atoms with E-state index in [1.165, 1.54) is 7.11 Å². The van der Waals surface area contributed by atoms with Crippen LogP contribution in [0.2, 0.25) is 0 Å². The molecule has 0 saturated carbocycles. The molecule has 160 valence electrons. The van der Waals surface area contributed by atoms with E-state index >= 15 is 0 Å². The van der Waals surface area contributed by atoms with Gasteiger partial charge in [0.05, 0.1) is 25.6 Å². The van der Waals surface area contributed by atoms with Crippen LogP contribution < -0.4 is 15.4 Å². The molecule has 8 nitrogen and oxygen atoms in total. The highest BCUT2D eigenvalue weighted by atomic mass is 16.5. The Hall–Kier alpha value is -3.94. The Labute approximate surface area is 179 Å². The monoisotopic (exact) mass is 421 g/mol. The van der Waals surface area contributed by atoms with Gasteiger partial charge in [-0.15, -0.1) is 0 Å². The number of nitrogens with zero attached hydrogens (tertiary/aromatic N) is 1. The lowest BCUT2D eigenvalue weighted by atomic mass is 10.1. The lowest BCUT2D eigenvalue weighted by Crippen LogP contribution is -2.39. The molecular formula is C23H23N3O5. The summed E-state index contributed by atoms with van der Waals surface area (Å²) >= 11 is 0. The zero-order chi connectivity index (χ0) is 22.1. The van der Waals surface area contributed by atoms with Crippen LogP contribution in [0.1, 0.15) is 11.1 Å². The normalized spacial score (nSPS) is 10.4. The third-order valence-electron chi connectivity index (χ3n) is 4.51. The minimum Gasteiger partial charge on any atom is -0.488 e. The standard InChI is InChI=1S/C23H23N3O5/c1-30-22(29)14-26-21(28)13-25-20(27)12-17-8-5-9-18-19(10-11-24-23(17)18)31-15-16-6-3-2-4-7-16/h2-11H,12-15H2,1H3,(H,25,27)(H,26,28). The molecule has 0 aliphatic carbocycles. The van der Waals surface area contributed by atoms with Crippen molar-refractivity contribution in [1.82, 2.24) is 15.6 Å². The molecule has 0 radical (unpaired) electrons. The van der Waals surface area contributed by atoms with Gasteiger partial charge in [0.25, 0.3) is 0 Å². The molecule has 0 atom stereocenters. The molecule has 0 saturated heterocycles. The molecule has 3 aromatic rings. The summed E-state index contributed by atoms with van der Waals surface area (Å²) in [4.78, 5) is 39.5. The quantitative estimate of drug-likeness (QED) is 0.510. The Balaban J connectivity index is 1.62. The molecule has 2 aromatic carbocycles. The number of carbonyl (C=O) groups excluding carboxylic acids is 3. The zero-order valence-electron chi connectivity index (χ0n) is 17.1. The number of para-hydroxylation sites is 1. The van der Waals surface area contributed by atoms with Crippen LogP contribution in [0, 0.1) is 0 Å². The molecule has 0 spiro atoms. The Bertz CT molecular complexity index is 1070. The average molecular weight is 421 g/mol. The number of carbonyl (C=O) groups is 3. The van der Waals surface area contributed by atoms with Crippen LogP contribution >= 0.6 is 0 Å². The minimum atomic E-state index is -0.563. The topological polar surface area (TPSA) is 107 Å². The molecule has 2 amide bonds. The van der Waals surface area contributed by atoms with Crippen molar-refractivity contribution in [2.75, 3.05) is 20.2 Å². The minimum absolute atomic E-state index is 0.0523. The highest BCUT2D eigenvalue weighted by Gasteiger charge is 2.12. The molecule has 0 fully saturated rings. The number of nitrogens with one attached hydrogen (secondary N) is 2. The van der Waals surface area contributed by atoms with Crippen molar-refractivity contribution in [2.45, 2.75) is 13.0 Å². The number of pyridine rings is 1. The van der Waals surface area contributed by atoms with Gasteiger partial charge in [-0.25, -0.2) is 0 Å². The van der Waals surface area contributed by atoms with Crippen molar-refractivity contribution in [3.63, 3.8) is 0 Å². The number of amides is 2. The molecular weight excluding hydrogens is 398 g/mol. The number of aromatic nitrogens is 1. The Morgan fingerprint density at radius 1 is 0.903 bits per heavy atom. The van der Waals surface area contributed by atoms with Crippen LogP contribution in [0.4, 0.5) is 0 Å². The molecule has 0 bridgehead atoms. The Morgan fingerprint density at radius 3 is 2.45 bits per heavy atom. The fraction of sp³-hybridized carbons (Fsp3) is 0.217. The van der Waals surface area contributed by atoms with Crippen LogP contribution in [0.3, 0.4) is 0 Å². The van der Waals surface area contributed by atoms with Crippen LogP contribution in [0.15, 0.2) is 60.8 Å². The second-order valence-corrected chi connectivity index (χ2v) is 6.70. The van der Waals surface area contributed by atoms with Crippen LogP contribution in [-0.4, -0.2) is 43.0 Å². The summed E-state index contributed by atoms with van der Waals surface area (Å²) in [6.07, 6.45) is 1.70. The van der Waals surface area contributed by atoms with Gasteiger partial charge in [0.2, 0.25) is 11.8 Å². The van der Waals surface area contributed by atoms with Crippen molar-refractivity contribution in [3.05, 3.63) is 71.9 Å². The summed E-state index contributed by atoms with van der Waals surface area (Å²) < 4.78 is 10.4. The second kappa shape index (κ2) is 10.7. The summed E-state index contributed by atoms with van der Waals surface area (Å²) in [7, 11) is 1.23. The van der Waals surface area contributed by atoms with E-state index in [2.05, 4.69) is 20.4 Å². The van der Waals surface area contributed by atoms with E-state index in [0.29, 0.717) is 17.9 Å². The predicted molar refractivity (Wildman–Crippen MR) is 114 cm³/mol. The van der Waals surface area contributed by atoms with Crippen molar-refractivity contribution >= 4 is 28.7 Å². The van der Waals surface area contributed by atoms with Gasteiger partial charge in [0.1, 0.15) is 18.9 Å². The number of methoxy groups -OCH3 is 1. The molecule has 0 aliphatic heterocycles. The van der Waals surface area contributed by atoms with E-state index in [1.54, 1.807) is 12.3 Å². The van der Waals surface area contributed by atoms with Gasteiger partial charge in [-0.3, -0.25) is 19.4 Å². The van der Waals surface area contributed by atoms with Crippen molar-refractivity contribution < 1.29 is 23.9 Å². The molecule has 1 heterocycles. The van der Waals surface area contributed by atoms with Crippen molar-refractivity contribution in [2.24, 2.45) is 0 Å². The number of ether oxygens (including phenoxy) is 2. The number of esters is 1. The highest BCUT2D eigenvalue weighted by molar-refractivity contribution is 5.92. The molecule has 0 aliphatic rings. The van der Waals surface area contributed by atoms with E-state index in [0.717, 1.165) is 16.5 Å². The number of benzene rings is 2. The van der Waals surface area contributed by atoms with Crippen LogP contribution in [-0.2, 0) is 32.1 Å². The van der Waals surface area contributed by atoms with Gasteiger partial charge in [-0.2, -0.15) is 0 Å². The average Bonchev–Trinajstić information content (AvgIpc) is 2.80. The molecule has 1 aromatic heterocycles. The first-order valence-corrected chi connectivity index (χ1v) is 9.70. The van der Waals surface area contributed by atoms with Crippen LogP contribution in [0.25, 0.3) is 10.9 Å². The van der Waals surface area contributed by atoms with Gasteiger partial charge in [0.15, 0.2) is 0 Å². The molecule has 31 heavy (non-hydrogen) atoms.